The van der Waals surface area contributed by atoms with E-state index < -0.39 is 6.23 Å². The van der Waals surface area contributed by atoms with Gasteiger partial charge in [-0.15, -0.1) is 0 Å². The fraction of sp³-hybridized carbons (Fsp3) is 0.462. The fourth-order valence-corrected chi connectivity index (χ4v) is 1.79. The van der Waals surface area contributed by atoms with Crippen molar-refractivity contribution >= 4 is 5.97 Å². The van der Waals surface area contributed by atoms with Gasteiger partial charge in [0.1, 0.15) is 6.23 Å². The molecule has 2 unspecified atom stereocenters. The summed E-state index contributed by atoms with van der Waals surface area (Å²) in [4.78, 5) is 11.7. The van der Waals surface area contributed by atoms with Gasteiger partial charge in [0.25, 0.3) is 0 Å². The van der Waals surface area contributed by atoms with E-state index in [1.54, 1.807) is 12.1 Å². The Hall–Kier alpha value is -1.39. The van der Waals surface area contributed by atoms with E-state index in [9.17, 15) is 4.79 Å². The van der Waals surface area contributed by atoms with Crippen LogP contribution in [0.25, 0.3) is 0 Å². The van der Waals surface area contributed by atoms with Crippen LogP contribution in [0, 0.1) is 5.92 Å². The van der Waals surface area contributed by atoms with Gasteiger partial charge in [-0.1, -0.05) is 18.2 Å². The van der Waals surface area contributed by atoms with E-state index in [0.29, 0.717) is 25.2 Å². The summed E-state index contributed by atoms with van der Waals surface area (Å²) in [5.74, 6) is -0.0668. The Kier molecular flexibility index (Phi) is 4.12. The van der Waals surface area contributed by atoms with Crippen LogP contribution in [0.2, 0.25) is 0 Å². The molecule has 1 aliphatic rings. The molecule has 4 nitrogen and oxygen atoms in total. The topological polar surface area (TPSA) is 59.3 Å². The first-order chi connectivity index (χ1) is 8.25. The zero-order valence-corrected chi connectivity index (χ0v) is 9.59. The number of esters is 1. The highest BCUT2D eigenvalue weighted by Crippen LogP contribution is 2.17. The molecule has 1 aromatic carbocycles. The lowest BCUT2D eigenvalue weighted by Gasteiger charge is -2.25. The zero-order chi connectivity index (χ0) is 12.1. The van der Waals surface area contributed by atoms with Crippen LogP contribution in [0.15, 0.2) is 30.3 Å². The molecular weight excluding hydrogens is 218 g/mol. The highest BCUT2D eigenvalue weighted by atomic mass is 16.5. The van der Waals surface area contributed by atoms with Gasteiger partial charge in [0.15, 0.2) is 0 Å². The molecule has 4 heteroatoms. The van der Waals surface area contributed by atoms with Crippen molar-refractivity contribution in [1.29, 1.82) is 0 Å². The second-order valence-corrected chi connectivity index (χ2v) is 4.23. The van der Waals surface area contributed by atoms with E-state index in [-0.39, 0.29) is 11.9 Å². The quantitative estimate of drug-likeness (QED) is 0.750. The molecule has 1 aromatic rings. The van der Waals surface area contributed by atoms with Crippen molar-refractivity contribution < 1.29 is 14.3 Å². The van der Waals surface area contributed by atoms with E-state index in [1.807, 2.05) is 18.2 Å². The SMILES string of the molecule is [NH]C1CCC(COC(=O)c2ccccc2)CO1. The summed E-state index contributed by atoms with van der Waals surface area (Å²) in [6.45, 7) is 0.886. The molecule has 0 amide bonds. The zero-order valence-electron chi connectivity index (χ0n) is 9.59. The number of rotatable bonds is 3. The van der Waals surface area contributed by atoms with Crippen LogP contribution in [0.4, 0.5) is 0 Å². The molecule has 0 bridgehead atoms. The summed E-state index contributed by atoms with van der Waals surface area (Å²) < 4.78 is 10.4. The number of ether oxygens (including phenoxy) is 2. The van der Waals surface area contributed by atoms with E-state index in [0.717, 1.165) is 6.42 Å². The summed E-state index contributed by atoms with van der Waals surface area (Å²) >= 11 is 0. The maximum Gasteiger partial charge on any atom is 0.338 e. The molecule has 1 aliphatic heterocycles. The van der Waals surface area contributed by atoms with Crippen LogP contribution < -0.4 is 5.73 Å². The molecule has 0 saturated carbocycles. The largest absolute Gasteiger partial charge is 0.462 e. The molecule has 0 aromatic heterocycles. The maximum absolute atomic E-state index is 11.7. The normalized spacial score (nSPS) is 24.3. The third-order valence-electron chi connectivity index (χ3n) is 2.83. The van der Waals surface area contributed by atoms with Gasteiger partial charge in [-0.2, -0.15) is 0 Å². The van der Waals surface area contributed by atoms with Crippen molar-refractivity contribution in [2.75, 3.05) is 13.2 Å². The Balaban J connectivity index is 1.77. The number of carbonyl (C=O) groups is 1. The van der Waals surface area contributed by atoms with Gasteiger partial charge in [-0.25, -0.2) is 10.5 Å². The van der Waals surface area contributed by atoms with Gasteiger partial charge in [0, 0.05) is 5.92 Å². The van der Waals surface area contributed by atoms with E-state index in [1.165, 1.54) is 0 Å². The van der Waals surface area contributed by atoms with E-state index in [4.69, 9.17) is 15.2 Å². The first-order valence-electron chi connectivity index (χ1n) is 5.80. The molecule has 2 rings (SSSR count). The monoisotopic (exact) mass is 234 g/mol. The van der Waals surface area contributed by atoms with E-state index in [2.05, 4.69) is 0 Å². The maximum atomic E-state index is 11.7. The third kappa shape index (κ3) is 3.54. The highest BCUT2D eigenvalue weighted by molar-refractivity contribution is 5.89. The van der Waals surface area contributed by atoms with Crippen LogP contribution in [0.1, 0.15) is 23.2 Å². The fourth-order valence-electron chi connectivity index (χ4n) is 1.79. The number of hydrogen-bond donors (Lipinski definition) is 0. The van der Waals surface area contributed by atoms with Crippen LogP contribution in [-0.2, 0) is 9.47 Å². The average molecular weight is 234 g/mol. The number of benzene rings is 1. The summed E-state index contributed by atoms with van der Waals surface area (Å²) in [5, 5.41) is 0. The van der Waals surface area contributed by atoms with Crippen LogP contribution in [0.5, 0.6) is 0 Å². The average Bonchev–Trinajstić information content (AvgIpc) is 2.39. The first-order valence-corrected chi connectivity index (χ1v) is 5.80. The van der Waals surface area contributed by atoms with Crippen LogP contribution in [0.3, 0.4) is 0 Å². The minimum Gasteiger partial charge on any atom is -0.462 e. The van der Waals surface area contributed by atoms with E-state index >= 15 is 0 Å². The molecule has 1 saturated heterocycles. The van der Waals surface area contributed by atoms with Gasteiger partial charge in [-0.05, 0) is 25.0 Å². The minimum atomic E-state index is -0.406. The molecular formula is C13H16NO3. The van der Waals surface area contributed by atoms with Gasteiger partial charge in [-0.3, -0.25) is 0 Å². The van der Waals surface area contributed by atoms with Crippen molar-refractivity contribution in [2.24, 2.45) is 5.92 Å². The van der Waals surface area contributed by atoms with Gasteiger partial charge >= 0.3 is 5.97 Å². The number of nitrogens with one attached hydrogen (secondary N) is 1. The molecule has 1 radical (unpaired) electrons. The third-order valence-corrected chi connectivity index (χ3v) is 2.83. The molecule has 0 spiro atoms. The second kappa shape index (κ2) is 5.80. The summed E-state index contributed by atoms with van der Waals surface area (Å²) in [7, 11) is 0. The predicted molar refractivity (Wildman–Crippen MR) is 62.3 cm³/mol. The Bertz CT molecular complexity index is 358. The molecule has 1 heterocycles. The lowest BCUT2D eigenvalue weighted by Crippen LogP contribution is -2.29. The molecule has 91 valence electrons. The summed E-state index contributed by atoms with van der Waals surface area (Å²) in [6, 6.07) is 8.95. The molecule has 1 fully saturated rings. The van der Waals surface area contributed by atoms with Crippen LogP contribution >= 0.6 is 0 Å². The van der Waals surface area contributed by atoms with Gasteiger partial charge < -0.3 is 9.47 Å². The summed E-state index contributed by atoms with van der Waals surface area (Å²) in [5.41, 5.74) is 7.96. The predicted octanol–water partition coefficient (Wildman–Crippen LogP) is 1.88. The Morgan fingerprint density at radius 1 is 1.35 bits per heavy atom. The van der Waals surface area contributed by atoms with Crippen LogP contribution in [-0.4, -0.2) is 25.4 Å². The molecule has 0 aliphatic carbocycles. The van der Waals surface area contributed by atoms with Gasteiger partial charge in [0.2, 0.25) is 0 Å². The number of carbonyl (C=O) groups excluding carboxylic acids is 1. The number of hydrogen-bond acceptors (Lipinski definition) is 3. The molecule has 1 N–H and O–H groups in total. The van der Waals surface area contributed by atoms with Crippen molar-refractivity contribution in [3.05, 3.63) is 35.9 Å². The Labute approximate surface area is 101 Å². The Morgan fingerprint density at radius 3 is 2.76 bits per heavy atom. The smallest absolute Gasteiger partial charge is 0.338 e. The molecule has 2 atom stereocenters. The highest BCUT2D eigenvalue weighted by Gasteiger charge is 2.20. The Morgan fingerprint density at radius 2 is 2.12 bits per heavy atom. The van der Waals surface area contributed by atoms with Crippen molar-refractivity contribution in [3.63, 3.8) is 0 Å². The minimum absolute atomic E-state index is 0.226. The first kappa shape index (κ1) is 12.1. The molecule has 17 heavy (non-hydrogen) atoms. The van der Waals surface area contributed by atoms with Crippen molar-refractivity contribution in [1.82, 2.24) is 5.73 Å². The van der Waals surface area contributed by atoms with Crippen molar-refractivity contribution in [2.45, 2.75) is 19.1 Å². The lowest BCUT2D eigenvalue weighted by molar-refractivity contribution is -0.0357. The lowest BCUT2D eigenvalue weighted by atomic mass is 10.0. The standard InChI is InChI=1S/C13H16NO3/c14-12-7-6-10(8-16-12)9-17-13(15)11-4-2-1-3-5-11/h1-5,10,12,14H,6-9H2. The second-order valence-electron chi connectivity index (χ2n) is 4.23. The summed E-state index contributed by atoms with van der Waals surface area (Å²) in [6.07, 6.45) is 1.19. The van der Waals surface area contributed by atoms with Crippen molar-refractivity contribution in [3.8, 4) is 0 Å². The van der Waals surface area contributed by atoms with Gasteiger partial charge in [0.05, 0.1) is 18.8 Å².